The van der Waals surface area contributed by atoms with Crippen LogP contribution < -0.4 is 10.4 Å². The first-order valence-electron chi connectivity index (χ1n) is 19.3. The maximum atomic E-state index is 13.8. The topological polar surface area (TPSA) is 139 Å². The molecule has 5 aromatic carbocycles. The number of fused-ring (bicyclic) bond motifs is 2. The van der Waals surface area contributed by atoms with Gasteiger partial charge in [0.15, 0.2) is 6.29 Å². The second-order valence-electron chi connectivity index (χ2n) is 14.8. The SMILES string of the molecule is O=c1[nH]c2ccccc2n1C1CCN(C[C@H]2OC(c3cccc(NS(=O)(=O)c4cccc5cccnc45)c3)O[C@@H](c3ccc(CO)cc3)[C@@H]2c2ccccc2)CC1. The van der Waals surface area contributed by atoms with Gasteiger partial charge >= 0.3 is 5.69 Å². The van der Waals surface area contributed by atoms with Crippen molar-refractivity contribution in [3.63, 3.8) is 0 Å². The molecule has 290 valence electrons. The van der Waals surface area contributed by atoms with Gasteiger partial charge in [0.1, 0.15) is 4.90 Å². The third-order valence-electron chi connectivity index (χ3n) is 11.3. The van der Waals surface area contributed by atoms with E-state index in [0.29, 0.717) is 23.3 Å². The molecule has 0 radical (unpaired) electrons. The lowest BCUT2D eigenvalue weighted by atomic mass is 9.83. The van der Waals surface area contributed by atoms with E-state index in [9.17, 15) is 18.3 Å². The largest absolute Gasteiger partial charge is 0.392 e. The van der Waals surface area contributed by atoms with Crippen LogP contribution >= 0.6 is 0 Å². The summed E-state index contributed by atoms with van der Waals surface area (Å²) in [5, 5.41) is 10.6. The minimum atomic E-state index is -4.00. The van der Waals surface area contributed by atoms with E-state index in [2.05, 4.69) is 31.7 Å². The van der Waals surface area contributed by atoms with Crippen molar-refractivity contribution in [3.05, 3.63) is 172 Å². The number of aliphatic hydroxyl groups excluding tert-OH is 1. The Bertz CT molecular complexity index is 2670. The first kappa shape index (κ1) is 37.0. The molecular formula is C45H43N5O6S. The highest BCUT2D eigenvalue weighted by atomic mass is 32.2. The van der Waals surface area contributed by atoms with Gasteiger partial charge in [-0.25, -0.2) is 13.2 Å². The molecule has 4 heterocycles. The van der Waals surface area contributed by atoms with E-state index < -0.39 is 22.4 Å². The van der Waals surface area contributed by atoms with Crippen molar-refractivity contribution in [3.8, 4) is 0 Å². The fourth-order valence-corrected chi connectivity index (χ4v) is 9.70. The van der Waals surface area contributed by atoms with Gasteiger partial charge in [0.25, 0.3) is 10.0 Å². The van der Waals surface area contributed by atoms with E-state index in [-0.39, 0.29) is 35.3 Å². The first-order valence-corrected chi connectivity index (χ1v) is 20.8. The maximum Gasteiger partial charge on any atom is 0.326 e. The summed E-state index contributed by atoms with van der Waals surface area (Å²) in [4.78, 5) is 22.9. The van der Waals surface area contributed by atoms with Gasteiger partial charge in [-0.05, 0) is 65.9 Å². The highest BCUT2D eigenvalue weighted by Crippen LogP contribution is 2.47. The van der Waals surface area contributed by atoms with E-state index in [1.165, 1.54) is 0 Å². The van der Waals surface area contributed by atoms with Gasteiger partial charge in [-0.3, -0.25) is 14.3 Å². The predicted octanol–water partition coefficient (Wildman–Crippen LogP) is 7.45. The van der Waals surface area contributed by atoms with Crippen LogP contribution in [0.15, 0.2) is 149 Å². The standard InChI is InChI=1S/C45H43N5O6S/c51-29-30-18-20-33(21-19-30)43-41(31-9-2-1-3-10-31)39(28-49-25-22-36(23-26-49)50-38-16-5-4-15-37(38)47-45(50)52)55-44(56-43)34-12-6-14-35(27-34)48-57(53,54)40-17-7-11-32-13-8-24-46-42(32)40/h1-21,24,27,36,39,41,43-44,48,51H,22-23,25-26,28-29H2,(H,47,52)/t39-,41-,43+,44?/m1/s1. The molecule has 2 fully saturated rings. The minimum absolute atomic E-state index is 0.0690. The number of anilines is 1. The molecule has 0 bridgehead atoms. The molecule has 2 saturated heterocycles. The molecule has 11 nitrogen and oxygen atoms in total. The molecule has 4 atom stereocenters. The quantitative estimate of drug-likeness (QED) is 0.130. The number of para-hydroxylation sites is 3. The van der Waals surface area contributed by atoms with Crippen molar-refractivity contribution in [2.45, 2.75) is 54.8 Å². The van der Waals surface area contributed by atoms with Gasteiger partial charge in [0, 0.05) is 54.4 Å². The molecular weight excluding hydrogens is 739 g/mol. The molecule has 2 aliphatic heterocycles. The molecule has 2 aliphatic rings. The Hall–Kier alpha value is -5.63. The lowest BCUT2D eigenvalue weighted by molar-refractivity contribution is -0.264. The molecule has 0 amide bonds. The number of aliphatic hydroxyl groups is 1. The average molecular weight is 782 g/mol. The van der Waals surface area contributed by atoms with Gasteiger partial charge in [-0.15, -0.1) is 0 Å². The molecule has 57 heavy (non-hydrogen) atoms. The Kier molecular flexibility index (Phi) is 10.2. The number of likely N-dealkylation sites (tertiary alicyclic amines) is 1. The van der Waals surface area contributed by atoms with Crippen LogP contribution in [0, 0.1) is 0 Å². The van der Waals surface area contributed by atoms with Gasteiger partial charge in [-0.2, -0.15) is 0 Å². The summed E-state index contributed by atoms with van der Waals surface area (Å²) < 4.78 is 46.2. The Morgan fingerprint density at radius 3 is 2.33 bits per heavy atom. The Morgan fingerprint density at radius 2 is 1.53 bits per heavy atom. The van der Waals surface area contributed by atoms with Crippen LogP contribution in [0.25, 0.3) is 21.9 Å². The number of pyridine rings is 1. The number of H-pyrrole nitrogens is 1. The molecule has 1 unspecified atom stereocenters. The summed E-state index contributed by atoms with van der Waals surface area (Å²) in [6.07, 6.45) is 1.61. The van der Waals surface area contributed by atoms with Gasteiger partial charge in [0.2, 0.25) is 0 Å². The molecule has 7 aromatic rings. The van der Waals surface area contributed by atoms with E-state index in [1.54, 1.807) is 42.6 Å². The van der Waals surface area contributed by atoms with Gasteiger partial charge in [-0.1, -0.05) is 97.1 Å². The number of piperidine rings is 1. The number of hydrogen-bond acceptors (Lipinski definition) is 8. The van der Waals surface area contributed by atoms with E-state index >= 15 is 0 Å². The Morgan fingerprint density at radius 1 is 0.789 bits per heavy atom. The van der Waals surface area contributed by atoms with Crippen LogP contribution in [0.4, 0.5) is 5.69 Å². The number of nitrogens with zero attached hydrogens (tertiary/aromatic N) is 3. The number of aromatic nitrogens is 3. The summed E-state index contributed by atoms with van der Waals surface area (Å²) in [5.74, 6) is -0.197. The van der Waals surface area contributed by atoms with Crippen molar-refractivity contribution in [1.29, 1.82) is 0 Å². The van der Waals surface area contributed by atoms with Gasteiger partial charge < -0.3 is 24.5 Å². The summed E-state index contributed by atoms with van der Waals surface area (Å²) in [7, 11) is -4.00. The molecule has 2 aromatic heterocycles. The summed E-state index contributed by atoms with van der Waals surface area (Å²) in [5.41, 5.74) is 5.93. The highest BCUT2D eigenvalue weighted by Gasteiger charge is 2.43. The van der Waals surface area contributed by atoms with Crippen LogP contribution in [-0.4, -0.2) is 58.7 Å². The average Bonchev–Trinajstić information content (AvgIpc) is 3.59. The third-order valence-corrected chi connectivity index (χ3v) is 12.7. The van der Waals surface area contributed by atoms with Crippen LogP contribution in [-0.2, 0) is 26.1 Å². The van der Waals surface area contributed by atoms with Crippen LogP contribution in [0.2, 0.25) is 0 Å². The molecule has 9 rings (SSSR count). The van der Waals surface area contributed by atoms with Crippen molar-refractivity contribution < 1.29 is 23.0 Å². The number of imidazole rings is 1. The van der Waals surface area contributed by atoms with Crippen molar-refractivity contribution in [2.24, 2.45) is 0 Å². The number of sulfonamides is 1. The fraction of sp³-hybridized carbons (Fsp3) is 0.244. The number of benzene rings is 5. The zero-order valence-corrected chi connectivity index (χ0v) is 32.0. The van der Waals surface area contributed by atoms with Crippen molar-refractivity contribution in [1.82, 2.24) is 19.4 Å². The number of aromatic amines is 1. The van der Waals surface area contributed by atoms with Crippen LogP contribution in [0.3, 0.4) is 0 Å². The highest BCUT2D eigenvalue weighted by molar-refractivity contribution is 7.93. The summed E-state index contributed by atoms with van der Waals surface area (Å²) >= 11 is 0. The summed E-state index contributed by atoms with van der Waals surface area (Å²) in [6.45, 7) is 2.10. The second-order valence-corrected chi connectivity index (χ2v) is 16.5. The van der Waals surface area contributed by atoms with E-state index in [1.807, 2.05) is 89.5 Å². The molecule has 0 aliphatic carbocycles. The summed E-state index contributed by atoms with van der Waals surface area (Å²) in [6, 6.07) is 41.8. The molecule has 12 heteroatoms. The van der Waals surface area contributed by atoms with Crippen molar-refractivity contribution >= 4 is 37.6 Å². The zero-order valence-electron chi connectivity index (χ0n) is 31.1. The van der Waals surface area contributed by atoms with E-state index in [0.717, 1.165) is 59.0 Å². The maximum absolute atomic E-state index is 13.8. The Balaban J connectivity index is 1.03. The predicted molar refractivity (Wildman–Crippen MR) is 219 cm³/mol. The fourth-order valence-electron chi connectivity index (χ4n) is 8.47. The van der Waals surface area contributed by atoms with Crippen molar-refractivity contribution in [2.75, 3.05) is 24.4 Å². The van der Waals surface area contributed by atoms with E-state index in [4.69, 9.17) is 9.47 Å². The number of hydrogen-bond donors (Lipinski definition) is 3. The van der Waals surface area contributed by atoms with Crippen LogP contribution in [0.5, 0.6) is 0 Å². The number of nitrogens with one attached hydrogen (secondary N) is 2. The smallest absolute Gasteiger partial charge is 0.326 e. The second kappa shape index (κ2) is 15.7. The monoisotopic (exact) mass is 781 g/mol. The third kappa shape index (κ3) is 7.50. The molecule has 3 N–H and O–H groups in total. The number of ether oxygens (including phenoxy) is 2. The Labute approximate surface area is 330 Å². The molecule has 0 spiro atoms. The van der Waals surface area contributed by atoms with Gasteiger partial charge in [0.05, 0.1) is 35.4 Å². The minimum Gasteiger partial charge on any atom is -0.392 e. The lowest BCUT2D eigenvalue weighted by Crippen LogP contribution is -2.47. The molecule has 0 saturated carbocycles. The van der Waals surface area contributed by atoms with Crippen LogP contribution in [0.1, 0.15) is 59.4 Å². The normalized spacial score (nSPS) is 20.9. The number of rotatable bonds is 10. The zero-order chi connectivity index (χ0) is 38.9. The lowest BCUT2D eigenvalue weighted by Gasteiger charge is -2.45. The first-order chi connectivity index (χ1) is 27.8.